The Morgan fingerprint density at radius 3 is 2.62 bits per heavy atom. The third kappa shape index (κ3) is 4.38. The van der Waals surface area contributed by atoms with Crippen molar-refractivity contribution in [3.63, 3.8) is 0 Å². The monoisotopic (exact) mass is 437 g/mol. The Bertz CT molecular complexity index is 1060. The summed E-state index contributed by atoms with van der Waals surface area (Å²) in [5, 5.41) is 14.9. The second-order valence-corrected chi connectivity index (χ2v) is 8.14. The smallest absolute Gasteiger partial charge is 0.229 e. The summed E-state index contributed by atoms with van der Waals surface area (Å²) in [5.41, 5.74) is 3.27. The molecule has 2 aliphatic heterocycles. The van der Waals surface area contributed by atoms with Gasteiger partial charge >= 0.3 is 0 Å². The maximum Gasteiger partial charge on any atom is 0.229 e. The largest absolute Gasteiger partial charge is 0.495 e. The van der Waals surface area contributed by atoms with E-state index in [-0.39, 0.29) is 24.1 Å². The van der Waals surface area contributed by atoms with Crippen LogP contribution in [0.25, 0.3) is 0 Å². The van der Waals surface area contributed by atoms with Crippen molar-refractivity contribution in [3.8, 4) is 5.75 Å². The van der Waals surface area contributed by atoms with Crippen LogP contribution in [0.4, 0.5) is 11.4 Å². The van der Waals surface area contributed by atoms with E-state index in [9.17, 15) is 14.4 Å². The summed E-state index contributed by atoms with van der Waals surface area (Å²) in [6, 6.07) is 13.1. The van der Waals surface area contributed by atoms with Crippen LogP contribution in [-0.2, 0) is 14.4 Å². The van der Waals surface area contributed by atoms with E-state index in [4.69, 9.17) is 4.74 Å². The van der Waals surface area contributed by atoms with E-state index in [0.29, 0.717) is 17.1 Å². The van der Waals surface area contributed by atoms with Crippen LogP contribution in [0, 0.1) is 25.7 Å². The Morgan fingerprint density at radius 1 is 1.06 bits per heavy atom. The van der Waals surface area contributed by atoms with Gasteiger partial charge in [0.2, 0.25) is 17.7 Å². The quantitative estimate of drug-likeness (QED) is 0.483. The van der Waals surface area contributed by atoms with Crippen LogP contribution < -0.4 is 31.3 Å². The average Bonchev–Trinajstić information content (AvgIpc) is 2.75. The zero-order chi connectivity index (χ0) is 22.8. The number of amides is 3. The molecule has 4 unspecified atom stereocenters. The summed E-state index contributed by atoms with van der Waals surface area (Å²) in [4.78, 5) is 38.5. The average molecular weight is 438 g/mol. The molecule has 4 atom stereocenters. The topological polar surface area (TPSA) is 121 Å². The predicted octanol–water partition coefficient (Wildman–Crippen LogP) is 1.44. The van der Waals surface area contributed by atoms with E-state index in [1.165, 1.54) is 0 Å². The van der Waals surface area contributed by atoms with E-state index in [1.54, 1.807) is 13.2 Å². The number of ether oxygens (including phenoxy) is 1. The summed E-state index contributed by atoms with van der Waals surface area (Å²) in [5.74, 6) is -1.88. The van der Waals surface area contributed by atoms with Gasteiger partial charge in [-0.3, -0.25) is 19.7 Å². The molecular formula is C23H27N5O4. The zero-order valence-corrected chi connectivity index (χ0v) is 18.2. The highest BCUT2D eigenvalue weighted by Gasteiger charge is 2.48. The molecule has 2 heterocycles. The lowest BCUT2D eigenvalue weighted by atomic mass is 9.81. The maximum absolute atomic E-state index is 13.1. The molecule has 0 spiro atoms. The summed E-state index contributed by atoms with van der Waals surface area (Å²) in [7, 11) is 1.56. The lowest BCUT2D eigenvalue weighted by Crippen LogP contribution is -2.72. The minimum absolute atomic E-state index is 0.0580. The van der Waals surface area contributed by atoms with E-state index in [1.807, 2.05) is 50.2 Å². The molecule has 4 rings (SSSR count). The highest BCUT2D eigenvalue weighted by Crippen LogP contribution is 2.30. The number of aryl methyl sites for hydroxylation is 2. The molecule has 168 valence electrons. The van der Waals surface area contributed by atoms with Crippen molar-refractivity contribution in [2.24, 2.45) is 11.8 Å². The number of carbonyl (C=O) groups excluding carboxylic acids is 3. The summed E-state index contributed by atoms with van der Waals surface area (Å²) in [6.07, 6.45) is -1.40. The van der Waals surface area contributed by atoms with Gasteiger partial charge in [0.25, 0.3) is 0 Å². The number of benzene rings is 2. The number of nitrogens with one attached hydrogen (secondary N) is 5. The first-order chi connectivity index (χ1) is 15.4. The van der Waals surface area contributed by atoms with Crippen molar-refractivity contribution in [3.05, 3.63) is 53.6 Å². The van der Waals surface area contributed by atoms with Gasteiger partial charge in [0.05, 0.1) is 30.8 Å². The molecule has 9 nitrogen and oxygen atoms in total. The molecule has 3 amide bonds. The van der Waals surface area contributed by atoms with E-state index < -0.39 is 24.3 Å². The van der Waals surface area contributed by atoms with Gasteiger partial charge < -0.3 is 26.0 Å². The summed E-state index contributed by atoms with van der Waals surface area (Å²) >= 11 is 0. The van der Waals surface area contributed by atoms with Crippen molar-refractivity contribution >= 4 is 29.1 Å². The second-order valence-electron chi connectivity index (χ2n) is 8.14. The summed E-state index contributed by atoms with van der Waals surface area (Å²) < 4.78 is 5.33. The first-order valence-electron chi connectivity index (χ1n) is 10.5. The van der Waals surface area contributed by atoms with Crippen molar-refractivity contribution in [1.29, 1.82) is 0 Å². The molecule has 0 saturated carbocycles. The van der Waals surface area contributed by atoms with Crippen LogP contribution >= 0.6 is 0 Å². The van der Waals surface area contributed by atoms with Crippen molar-refractivity contribution in [2.75, 3.05) is 17.7 Å². The van der Waals surface area contributed by atoms with Gasteiger partial charge in [0.15, 0.2) is 6.29 Å². The van der Waals surface area contributed by atoms with Crippen LogP contribution in [0.3, 0.4) is 0 Å². The van der Waals surface area contributed by atoms with Crippen molar-refractivity contribution < 1.29 is 19.1 Å². The van der Waals surface area contributed by atoms with E-state index in [2.05, 4.69) is 26.6 Å². The Morgan fingerprint density at radius 2 is 1.84 bits per heavy atom. The minimum atomic E-state index is -0.798. The fourth-order valence-electron chi connectivity index (χ4n) is 4.17. The van der Waals surface area contributed by atoms with Gasteiger partial charge in [-0.25, -0.2) is 0 Å². The summed E-state index contributed by atoms with van der Waals surface area (Å²) in [6.45, 7) is 3.83. The normalized spacial score (nSPS) is 24.6. The zero-order valence-electron chi connectivity index (χ0n) is 18.2. The molecule has 2 fully saturated rings. The molecule has 0 aromatic heterocycles. The number of carbonyl (C=O) groups is 3. The third-order valence-electron chi connectivity index (χ3n) is 5.84. The highest BCUT2D eigenvalue weighted by atomic mass is 16.5. The highest BCUT2D eigenvalue weighted by molar-refractivity contribution is 6.00. The number of anilines is 2. The second kappa shape index (κ2) is 8.88. The Kier molecular flexibility index (Phi) is 6.00. The number of para-hydroxylation sites is 2. The molecule has 2 aliphatic rings. The lowest BCUT2D eigenvalue weighted by molar-refractivity contribution is -0.144. The molecule has 0 radical (unpaired) electrons. The molecule has 2 aromatic carbocycles. The minimum Gasteiger partial charge on any atom is -0.495 e. The van der Waals surface area contributed by atoms with Gasteiger partial charge in [-0.2, -0.15) is 0 Å². The molecule has 2 saturated heterocycles. The number of hydrogen-bond donors (Lipinski definition) is 5. The van der Waals surface area contributed by atoms with Crippen molar-refractivity contribution in [2.45, 2.75) is 32.7 Å². The number of piperidine rings is 1. The molecule has 32 heavy (non-hydrogen) atoms. The first-order valence-corrected chi connectivity index (χ1v) is 10.5. The predicted molar refractivity (Wildman–Crippen MR) is 120 cm³/mol. The van der Waals surface area contributed by atoms with Crippen molar-refractivity contribution in [1.82, 2.24) is 16.0 Å². The molecule has 0 aliphatic carbocycles. The molecule has 9 heteroatoms. The fraction of sp³-hybridized carbons (Fsp3) is 0.348. The number of fused-ring (bicyclic) bond motifs is 1. The fourth-order valence-corrected chi connectivity index (χ4v) is 4.17. The van der Waals surface area contributed by atoms with Gasteiger partial charge in [0, 0.05) is 12.1 Å². The molecule has 0 bridgehead atoms. The third-order valence-corrected chi connectivity index (χ3v) is 5.84. The standard InChI is InChI=1S/C23H27N5O4/c1-12-8-9-13(2)16(10-12)24-21(30)14-11-18(29)26-20-19(14)22(31)28-23(27-20)25-15-6-4-5-7-17(15)32-3/h4-10,14,19-20,23,25,27H,11H2,1-3H3,(H,24,30)(H,26,29)(H,28,31). The van der Waals surface area contributed by atoms with Gasteiger partial charge in [0.1, 0.15) is 5.75 Å². The van der Waals surface area contributed by atoms with E-state index in [0.717, 1.165) is 11.1 Å². The Balaban J connectivity index is 1.51. The van der Waals surface area contributed by atoms with Crippen LogP contribution in [0.15, 0.2) is 42.5 Å². The van der Waals surface area contributed by atoms with Crippen LogP contribution in [-0.4, -0.2) is 37.3 Å². The first kappa shape index (κ1) is 21.6. The molecule has 2 aromatic rings. The number of hydrogen-bond acceptors (Lipinski definition) is 6. The van der Waals surface area contributed by atoms with Crippen LogP contribution in [0.1, 0.15) is 17.5 Å². The molecule has 5 N–H and O–H groups in total. The Hall–Kier alpha value is -3.59. The SMILES string of the molecule is COc1ccccc1NC1NC(=O)C2C(NC(=O)CC2C(=O)Nc2cc(C)ccc2C)N1. The Labute approximate surface area is 186 Å². The van der Waals surface area contributed by atoms with E-state index >= 15 is 0 Å². The van der Waals surface area contributed by atoms with Crippen LogP contribution in [0.2, 0.25) is 0 Å². The number of rotatable bonds is 5. The van der Waals surface area contributed by atoms with Gasteiger partial charge in [-0.15, -0.1) is 0 Å². The van der Waals surface area contributed by atoms with Gasteiger partial charge in [-0.05, 0) is 43.2 Å². The van der Waals surface area contributed by atoms with Crippen LogP contribution in [0.5, 0.6) is 5.75 Å². The molecular weight excluding hydrogens is 410 g/mol. The maximum atomic E-state index is 13.1. The van der Waals surface area contributed by atoms with Gasteiger partial charge in [-0.1, -0.05) is 24.3 Å². The lowest BCUT2D eigenvalue weighted by Gasteiger charge is -2.43. The number of methoxy groups -OCH3 is 1.